The first-order chi connectivity index (χ1) is 17.3. The molecule has 0 spiro atoms. The number of carbonyl (C=O) groups excluding carboxylic acids is 3. The summed E-state index contributed by atoms with van der Waals surface area (Å²) >= 11 is 0. The molecule has 2 heterocycles. The van der Waals surface area contributed by atoms with Crippen molar-refractivity contribution in [3.8, 4) is 0 Å². The van der Waals surface area contributed by atoms with Crippen molar-refractivity contribution in [2.24, 2.45) is 0 Å². The monoisotopic (exact) mass is 491 g/mol. The predicted octanol–water partition coefficient (Wildman–Crippen LogP) is 3.78. The molecule has 0 radical (unpaired) electrons. The molecule has 0 saturated heterocycles. The molecule has 4 rings (SSSR count). The molecule has 1 aliphatic heterocycles. The number of benzene rings is 2. The predicted molar refractivity (Wildman–Crippen MR) is 134 cm³/mol. The summed E-state index contributed by atoms with van der Waals surface area (Å²) in [5.74, 6) is -1.58. The Labute approximate surface area is 209 Å². The Kier molecular flexibility index (Phi) is 7.19. The lowest BCUT2D eigenvalue weighted by Gasteiger charge is -2.43. The Morgan fingerprint density at radius 2 is 1.83 bits per heavy atom. The second-order valence-corrected chi connectivity index (χ2v) is 9.07. The number of halogens is 1. The van der Waals surface area contributed by atoms with E-state index in [9.17, 15) is 18.8 Å². The van der Waals surface area contributed by atoms with Gasteiger partial charge < -0.3 is 20.1 Å². The maximum Gasteiger partial charge on any atom is 0.276 e. The molecule has 0 fully saturated rings. The van der Waals surface area contributed by atoms with Gasteiger partial charge in [-0.25, -0.2) is 9.37 Å². The quantitative estimate of drug-likeness (QED) is 0.501. The lowest BCUT2D eigenvalue weighted by Crippen LogP contribution is -2.64. The minimum atomic E-state index is -1.19. The van der Waals surface area contributed by atoms with Crippen LogP contribution in [-0.4, -0.2) is 44.3 Å². The second-order valence-electron chi connectivity index (χ2n) is 9.07. The third kappa shape index (κ3) is 4.73. The van der Waals surface area contributed by atoms with E-state index in [0.717, 1.165) is 17.5 Å². The molecule has 3 aromatic rings. The maximum absolute atomic E-state index is 13.7. The molecule has 0 aliphatic carbocycles. The van der Waals surface area contributed by atoms with Crippen LogP contribution in [0.2, 0.25) is 0 Å². The zero-order valence-corrected chi connectivity index (χ0v) is 20.7. The lowest BCUT2D eigenvalue weighted by molar-refractivity contribution is -0.133. The van der Waals surface area contributed by atoms with Crippen molar-refractivity contribution in [2.75, 3.05) is 11.9 Å². The van der Waals surface area contributed by atoms with Crippen molar-refractivity contribution in [1.29, 1.82) is 0 Å². The minimum absolute atomic E-state index is 0.0285. The topological polar surface area (TPSA) is 96.3 Å². The number of amides is 3. The van der Waals surface area contributed by atoms with Gasteiger partial charge in [-0.15, -0.1) is 0 Å². The molecular weight excluding hydrogens is 461 g/mol. The molecule has 0 saturated carbocycles. The van der Waals surface area contributed by atoms with Gasteiger partial charge in [-0.05, 0) is 49.1 Å². The highest BCUT2D eigenvalue weighted by atomic mass is 19.1. The lowest BCUT2D eigenvalue weighted by atomic mass is 9.93. The van der Waals surface area contributed by atoms with Crippen molar-refractivity contribution < 1.29 is 18.8 Å². The fourth-order valence-corrected chi connectivity index (χ4v) is 4.53. The third-order valence-electron chi connectivity index (χ3n) is 6.52. The van der Waals surface area contributed by atoms with Crippen molar-refractivity contribution in [3.63, 3.8) is 0 Å². The van der Waals surface area contributed by atoms with E-state index in [0.29, 0.717) is 18.7 Å². The zero-order valence-electron chi connectivity index (χ0n) is 20.7. The number of fused-ring (bicyclic) bond motifs is 1. The normalized spacial score (nSPS) is 17.0. The molecule has 2 N–H and O–H groups in total. The van der Waals surface area contributed by atoms with Gasteiger partial charge in [-0.2, -0.15) is 0 Å². The highest BCUT2D eigenvalue weighted by molar-refractivity contribution is 6.11. The number of rotatable bonds is 8. The number of hydrogen-bond donors (Lipinski definition) is 2. The molecule has 8 nitrogen and oxygen atoms in total. The van der Waals surface area contributed by atoms with E-state index in [1.165, 1.54) is 23.4 Å². The molecule has 0 bridgehead atoms. The molecule has 1 atom stereocenters. The first-order valence-corrected chi connectivity index (χ1v) is 12.1. The largest absolute Gasteiger partial charge is 0.350 e. The highest BCUT2D eigenvalue weighted by Gasteiger charge is 2.48. The van der Waals surface area contributed by atoms with E-state index >= 15 is 0 Å². The first-order valence-electron chi connectivity index (χ1n) is 12.1. The van der Waals surface area contributed by atoms with Crippen molar-refractivity contribution in [2.45, 2.75) is 52.2 Å². The van der Waals surface area contributed by atoms with Crippen molar-refractivity contribution in [3.05, 3.63) is 83.2 Å². The van der Waals surface area contributed by atoms with Crippen molar-refractivity contribution in [1.82, 2.24) is 19.8 Å². The molecule has 1 aliphatic rings. The molecule has 1 aromatic heterocycles. The van der Waals surface area contributed by atoms with Crippen LogP contribution >= 0.6 is 0 Å². The molecule has 188 valence electrons. The van der Waals surface area contributed by atoms with Crippen LogP contribution in [0.1, 0.15) is 59.3 Å². The summed E-state index contributed by atoms with van der Waals surface area (Å²) in [5, 5.41) is 5.75. The van der Waals surface area contributed by atoms with Gasteiger partial charge in [-0.3, -0.25) is 14.4 Å². The Balaban J connectivity index is 1.59. The minimum Gasteiger partial charge on any atom is -0.350 e. The van der Waals surface area contributed by atoms with E-state index in [-0.39, 0.29) is 36.2 Å². The van der Waals surface area contributed by atoms with Crippen LogP contribution in [0.4, 0.5) is 10.1 Å². The smallest absolute Gasteiger partial charge is 0.276 e. The van der Waals surface area contributed by atoms with Gasteiger partial charge in [0.25, 0.3) is 11.8 Å². The summed E-state index contributed by atoms with van der Waals surface area (Å²) in [4.78, 5) is 45.9. The third-order valence-corrected chi connectivity index (χ3v) is 6.52. The van der Waals surface area contributed by atoms with Gasteiger partial charge in [0.15, 0.2) is 5.69 Å². The summed E-state index contributed by atoms with van der Waals surface area (Å²) in [6.45, 7) is 6.31. The summed E-state index contributed by atoms with van der Waals surface area (Å²) in [5.41, 5.74) is 1.39. The van der Waals surface area contributed by atoms with E-state index in [4.69, 9.17) is 0 Å². The summed E-state index contributed by atoms with van der Waals surface area (Å²) in [7, 11) is 0. The molecule has 3 amide bonds. The number of nitrogens with zero attached hydrogens (tertiary/aromatic N) is 3. The van der Waals surface area contributed by atoms with Crippen LogP contribution in [0, 0.1) is 5.82 Å². The van der Waals surface area contributed by atoms with Crippen LogP contribution in [0.15, 0.2) is 54.9 Å². The van der Waals surface area contributed by atoms with E-state index in [2.05, 4.69) is 15.6 Å². The van der Waals surface area contributed by atoms with E-state index in [1.54, 1.807) is 23.6 Å². The number of nitrogens with one attached hydrogen (secondary N) is 2. The summed E-state index contributed by atoms with van der Waals surface area (Å²) in [6, 6.07) is 13.4. The van der Waals surface area contributed by atoms with Crippen LogP contribution in [0.25, 0.3) is 0 Å². The number of hydrogen-bond acceptors (Lipinski definition) is 4. The first kappa shape index (κ1) is 25.1. The van der Waals surface area contributed by atoms with Crippen LogP contribution < -0.4 is 10.6 Å². The van der Waals surface area contributed by atoms with Gasteiger partial charge >= 0.3 is 0 Å². The van der Waals surface area contributed by atoms with Gasteiger partial charge in [0.2, 0.25) is 5.91 Å². The Bertz CT molecular complexity index is 1290. The molecular formula is C27H30FN5O3. The Hall–Kier alpha value is -4.01. The van der Waals surface area contributed by atoms with Gasteiger partial charge in [-0.1, -0.05) is 44.2 Å². The maximum atomic E-state index is 13.7. The fourth-order valence-electron chi connectivity index (χ4n) is 4.53. The number of imidazole rings is 1. The number of carbonyl (C=O) groups is 3. The number of anilines is 1. The summed E-state index contributed by atoms with van der Waals surface area (Å²) < 4.78 is 14.8. The van der Waals surface area contributed by atoms with Gasteiger partial charge in [0.05, 0.1) is 12.9 Å². The van der Waals surface area contributed by atoms with E-state index in [1.807, 2.05) is 38.1 Å². The highest BCUT2D eigenvalue weighted by Crippen LogP contribution is 2.30. The number of aromatic nitrogens is 2. The summed E-state index contributed by atoms with van der Waals surface area (Å²) in [6.07, 6.45) is 2.81. The molecule has 2 aromatic carbocycles. The second kappa shape index (κ2) is 10.3. The Morgan fingerprint density at radius 1 is 1.11 bits per heavy atom. The van der Waals surface area contributed by atoms with Crippen LogP contribution in [0.5, 0.6) is 0 Å². The molecule has 9 heteroatoms. The van der Waals surface area contributed by atoms with Crippen molar-refractivity contribution >= 4 is 23.4 Å². The Morgan fingerprint density at radius 3 is 2.53 bits per heavy atom. The van der Waals surface area contributed by atoms with Crippen LogP contribution in [0.3, 0.4) is 0 Å². The fraction of sp³-hybridized carbons (Fsp3) is 0.333. The SMILES string of the molecule is CCCN1C(=O)c2c(C(=O)Nc3ccccc3CC)ncn2C[C@@]1(C)C(=O)NCc1ccc(F)cc1. The molecule has 0 unspecified atom stereocenters. The molecule has 36 heavy (non-hydrogen) atoms. The average Bonchev–Trinajstić information content (AvgIpc) is 3.30. The van der Waals surface area contributed by atoms with E-state index < -0.39 is 17.4 Å². The number of para-hydroxylation sites is 1. The van der Waals surface area contributed by atoms with Gasteiger partial charge in [0, 0.05) is 18.8 Å². The average molecular weight is 492 g/mol. The zero-order chi connectivity index (χ0) is 25.9. The van der Waals surface area contributed by atoms with Crippen LogP contribution in [-0.2, 0) is 24.3 Å². The van der Waals surface area contributed by atoms with Gasteiger partial charge in [0.1, 0.15) is 17.1 Å². The number of aryl methyl sites for hydroxylation is 1. The standard InChI is InChI=1S/C27H30FN5O3/c1-4-14-33-25(35)23-22(24(34)31-21-9-7-6-8-19(21)5-2)30-17-32(23)16-27(33,3)26(36)29-15-18-10-12-20(28)13-11-18/h6-13,17H,4-5,14-16H2,1-3H3,(H,29,36)(H,31,34)/t27-/m0/s1.